The highest BCUT2D eigenvalue weighted by Crippen LogP contribution is 2.10. The van der Waals surface area contributed by atoms with Gasteiger partial charge in [-0.2, -0.15) is 0 Å². The maximum absolute atomic E-state index is 12.4. The highest BCUT2D eigenvalue weighted by atomic mass is 32.2. The van der Waals surface area contributed by atoms with Crippen LogP contribution in [0, 0.1) is 0 Å². The van der Waals surface area contributed by atoms with Gasteiger partial charge in [0, 0.05) is 38.4 Å². The molecule has 2 aromatic rings. The summed E-state index contributed by atoms with van der Waals surface area (Å²) < 4.78 is 24.5. The monoisotopic (exact) mass is 415 g/mol. The van der Waals surface area contributed by atoms with Crippen LogP contribution in [0.3, 0.4) is 0 Å². The summed E-state index contributed by atoms with van der Waals surface area (Å²) in [5.41, 5.74) is 1.73. The van der Waals surface area contributed by atoms with E-state index in [2.05, 4.69) is 22.3 Å². The predicted octanol–water partition coefficient (Wildman–Crippen LogP) is 1.38. The maximum atomic E-state index is 12.4. The van der Waals surface area contributed by atoms with Gasteiger partial charge in [-0.1, -0.05) is 48.5 Å². The number of nitrogens with zero attached hydrogens (tertiary/aromatic N) is 2. The fraction of sp³-hybridized carbons (Fsp3) is 0.333. The summed E-state index contributed by atoms with van der Waals surface area (Å²) in [4.78, 5) is 28.2. The van der Waals surface area contributed by atoms with E-state index in [4.69, 9.17) is 0 Å². The van der Waals surface area contributed by atoms with E-state index >= 15 is 0 Å². The average Bonchev–Trinajstić information content (AvgIpc) is 2.69. The number of carbonyl (C=O) groups excluding carboxylic acids is 2. The van der Waals surface area contributed by atoms with E-state index in [9.17, 15) is 18.0 Å². The van der Waals surface area contributed by atoms with Crippen molar-refractivity contribution >= 4 is 27.3 Å². The summed E-state index contributed by atoms with van der Waals surface area (Å²) in [6, 6.07) is 18.7. The molecule has 29 heavy (non-hydrogen) atoms. The summed E-state index contributed by atoms with van der Waals surface area (Å²) >= 11 is 0. The van der Waals surface area contributed by atoms with Crippen molar-refractivity contribution in [2.24, 2.45) is 0 Å². The van der Waals surface area contributed by atoms with Crippen LogP contribution in [-0.2, 0) is 26.0 Å². The second-order valence-electron chi connectivity index (χ2n) is 7.09. The lowest BCUT2D eigenvalue weighted by Crippen LogP contribution is -2.50. The van der Waals surface area contributed by atoms with Crippen LogP contribution in [0.5, 0.6) is 0 Å². The lowest BCUT2D eigenvalue weighted by atomic mass is 10.2. The number of rotatable bonds is 7. The van der Waals surface area contributed by atoms with Crippen molar-refractivity contribution < 1.29 is 18.0 Å². The summed E-state index contributed by atoms with van der Waals surface area (Å²) in [5.74, 6) is -2.44. The molecule has 1 aliphatic heterocycles. The van der Waals surface area contributed by atoms with Gasteiger partial charge in [-0.15, -0.1) is 0 Å². The van der Waals surface area contributed by atoms with Crippen molar-refractivity contribution in [1.82, 2.24) is 9.80 Å². The molecule has 154 valence electrons. The molecular formula is C21H25N3O4S. The van der Waals surface area contributed by atoms with Gasteiger partial charge >= 0.3 is 0 Å². The molecule has 0 unspecified atom stereocenters. The standard InChI is InChI=1S/C21H25N3O4S/c25-20(22-19-9-5-2-6-10-19)16-29(27,28)17-21(26)24-13-11-23(12-14-24)15-18-7-3-1-4-8-18/h1-10H,11-17H2,(H,22,25). The van der Waals surface area contributed by atoms with Crippen LogP contribution in [0.4, 0.5) is 5.69 Å². The molecule has 1 heterocycles. The molecule has 0 atom stereocenters. The van der Waals surface area contributed by atoms with Crippen molar-refractivity contribution in [2.45, 2.75) is 6.54 Å². The molecule has 1 N–H and O–H groups in total. The fourth-order valence-corrected chi connectivity index (χ4v) is 4.38. The number of nitrogens with one attached hydrogen (secondary N) is 1. The van der Waals surface area contributed by atoms with Crippen molar-refractivity contribution in [2.75, 3.05) is 43.0 Å². The third kappa shape index (κ3) is 6.69. The van der Waals surface area contributed by atoms with Crippen LogP contribution in [0.1, 0.15) is 5.56 Å². The Labute approximate surface area is 171 Å². The number of sulfone groups is 1. The number of benzene rings is 2. The minimum atomic E-state index is -3.83. The average molecular weight is 416 g/mol. The van der Waals surface area contributed by atoms with Gasteiger partial charge in [-0.3, -0.25) is 14.5 Å². The van der Waals surface area contributed by atoms with Gasteiger partial charge in [0.2, 0.25) is 11.8 Å². The summed E-state index contributed by atoms with van der Waals surface area (Å²) in [5, 5.41) is 2.53. The van der Waals surface area contributed by atoms with E-state index in [1.165, 1.54) is 5.56 Å². The quantitative estimate of drug-likeness (QED) is 0.738. The number of anilines is 1. The van der Waals surface area contributed by atoms with Crippen LogP contribution in [0.2, 0.25) is 0 Å². The largest absolute Gasteiger partial charge is 0.339 e. The van der Waals surface area contributed by atoms with Gasteiger partial charge in [0.1, 0.15) is 11.5 Å². The smallest absolute Gasteiger partial charge is 0.239 e. The number of piperazine rings is 1. The fourth-order valence-electron chi connectivity index (χ4n) is 3.25. The van der Waals surface area contributed by atoms with Gasteiger partial charge in [0.25, 0.3) is 0 Å². The van der Waals surface area contributed by atoms with Crippen molar-refractivity contribution in [3.8, 4) is 0 Å². The molecule has 0 radical (unpaired) electrons. The summed E-state index contributed by atoms with van der Waals surface area (Å²) in [7, 11) is -3.83. The number of carbonyl (C=O) groups is 2. The Balaban J connectivity index is 1.45. The van der Waals surface area contributed by atoms with Crippen LogP contribution in [-0.4, -0.2) is 67.7 Å². The molecule has 0 aromatic heterocycles. The van der Waals surface area contributed by atoms with Crippen molar-refractivity contribution in [3.63, 3.8) is 0 Å². The molecule has 8 heteroatoms. The molecule has 2 amide bonds. The molecule has 0 bridgehead atoms. The molecule has 3 rings (SSSR count). The Morgan fingerprint density at radius 3 is 2.03 bits per heavy atom. The van der Waals surface area contributed by atoms with E-state index < -0.39 is 33.2 Å². The van der Waals surface area contributed by atoms with Gasteiger partial charge in [-0.05, 0) is 17.7 Å². The second-order valence-corrected chi connectivity index (χ2v) is 9.15. The lowest BCUT2D eigenvalue weighted by molar-refractivity contribution is -0.130. The maximum Gasteiger partial charge on any atom is 0.239 e. The first-order chi connectivity index (χ1) is 13.9. The van der Waals surface area contributed by atoms with Crippen LogP contribution in [0.15, 0.2) is 60.7 Å². The third-order valence-electron chi connectivity index (χ3n) is 4.73. The lowest BCUT2D eigenvalue weighted by Gasteiger charge is -2.34. The SMILES string of the molecule is O=C(CS(=O)(=O)CC(=O)N1CCN(Cc2ccccc2)CC1)Nc1ccccc1. The molecule has 7 nitrogen and oxygen atoms in total. The van der Waals surface area contributed by atoms with E-state index in [-0.39, 0.29) is 0 Å². The molecule has 0 spiro atoms. The Kier molecular flexibility index (Phi) is 7.00. The minimum absolute atomic E-state index is 0.447. The zero-order valence-electron chi connectivity index (χ0n) is 16.2. The Hall–Kier alpha value is -2.71. The normalized spacial score (nSPS) is 15.1. The third-order valence-corrected chi connectivity index (χ3v) is 6.11. The highest BCUT2D eigenvalue weighted by molar-refractivity contribution is 7.92. The van der Waals surface area contributed by atoms with Crippen LogP contribution >= 0.6 is 0 Å². The Bertz CT molecular complexity index is 925. The van der Waals surface area contributed by atoms with Crippen molar-refractivity contribution in [1.29, 1.82) is 0 Å². The van der Waals surface area contributed by atoms with Gasteiger partial charge in [0.15, 0.2) is 9.84 Å². The first-order valence-electron chi connectivity index (χ1n) is 9.51. The second kappa shape index (κ2) is 9.67. The molecule has 0 saturated carbocycles. The van der Waals surface area contributed by atoms with Gasteiger partial charge in [-0.25, -0.2) is 8.42 Å². The van der Waals surface area contributed by atoms with E-state index in [0.717, 1.165) is 6.54 Å². The topological polar surface area (TPSA) is 86.8 Å². The summed E-state index contributed by atoms with van der Waals surface area (Å²) in [6.45, 7) is 3.15. The van der Waals surface area contributed by atoms with E-state index in [1.54, 1.807) is 35.2 Å². The van der Waals surface area contributed by atoms with E-state index in [1.807, 2.05) is 18.2 Å². The highest BCUT2D eigenvalue weighted by Gasteiger charge is 2.27. The van der Waals surface area contributed by atoms with Crippen LogP contribution < -0.4 is 5.32 Å². The molecular weight excluding hydrogens is 390 g/mol. The number of hydrogen-bond acceptors (Lipinski definition) is 5. The first-order valence-corrected chi connectivity index (χ1v) is 11.3. The first kappa shape index (κ1) is 21.0. The predicted molar refractivity (Wildman–Crippen MR) is 112 cm³/mol. The number of para-hydroxylation sites is 1. The van der Waals surface area contributed by atoms with Crippen molar-refractivity contribution in [3.05, 3.63) is 66.2 Å². The molecule has 1 saturated heterocycles. The number of amides is 2. The van der Waals surface area contributed by atoms with Gasteiger partial charge < -0.3 is 10.2 Å². The zero-order chi connectivity index (χ0) is 20.7. The zero-order valence-corrected chi connectivity index (χ0v) is 17.0. The molecule has 0 aliphatic carbocycles. The van der Waals surface area contributed by atoms with Gasteiger partial charge in [0.05, 0.1) is 0 Å². The van der Waals surface area contributed by atoms with Crippen LogP contribution in [0.25, 0.3) is 0 Å². The molecule has 1 fully saturated rings. The molecule has 1 aliphatic rings. The molecule has 2 aromatic carbocycles. The summed E-state index contributed by atoms with van der Waals surface area (Å²) in [6.07, 6.45) is 0. The Morgan fingerprint density at radius 1 is 0.828 bits per heavy atom. The van der Waals surface area contributed by atoms with E-state index in [0.29, 0.717) is 31.9 Å². The minimum Gasteiger partial charge on any atom is -0.339 e. The number of hydrogen-bond donors (Lipinski definition) is 1. The Morgan fingerprint density at radius 2 is 1.41 bits per heavy atom.